The van der Waals surface area contributed by atoms with E-state index in [4.69, 9.17) is 0 Å². The van der Waals surface area contributed by atoms with Crippen molar-refractivity contribution in [3.05, 3.63) is 42.0 Å². The quantitative estimate of drug-likeness (QED) is 0.642. The van der Waals surface area contributed by atoms with Gasteiger partial charge in [-0.15, -0.1) is 5.10 Å². The summed E-state index contributed by atoms with van der Waals surface area (Å²) in [5.41, 5.74) is 2.25. The summed E-state index contributed by atoms with van der Waals surface area (Å²) in [5.74, 6) is 0. The van der Waals surface area contributed by atoms with E-state index in [9.17, 15) is 4.79 Å². The van der Waals surface area contributed by atoms with Gasteiger partial charge in [0.05, 0.1) is 6.54 Å². The van der Waals surface area contributed by atoms with Gasteiger partial charge in [0.25, 0.3) is 0 Å². The van der Waals surface area contributed by atoms with E-state index < -0.39 is 0 Å². The second-order valence-corrected chi connectivity index (χ2v) is 4.09. The van der Waals surface area contributed by atoms with E-state index in [1.54, 1.807) is 17.1 Å². The first-order valence-corrected chi connectivity index (χ1v) is 5.52. The van der Waals surface area contributed by atoms with Crippen LogP contribution in [0.15, 0.2) is 30.7 Å². The zero-order valence-electron chi connectivity index (χ0n) is 9.82. The number of hydrogen-bond acceptors (Lipinski definition) is 4. The highest BCUT2D eigenvalue weighted by molar-refractivity contribution is 5.95. The molecule has 6 nitrogen and oxygen atoms in total. The first-order valence-electron chi connectivity index (χ1n) is 5.52. The molecule has 0 saturated carbocycles. The van der Waals surface area contributed by atoms with Gasteiger partial charge in [-0.2, -0.15) is 0 Å². The summed E-state index contributed by atoms with van der Waals surface area (Å²) in [4.78, 5) is 15.3. The molecule has 0 aliphatic carbocycles. The molecule has 0 N–H and O–H groups in total. The van der Waals surface area contributed by atoms with Gasteiger partial charge >= 0.3 is 0 Å². The molecule has 3 aromatic rings. The molecule has 0 fully saturated rings. The molecule has 0 saturated heterocycles. The van der Waals surface area contributed by atoms with Crippen LogP contribution in [0.5, 0.6) is 0 Å². The zero-order chi connectivity index (χ0) is 12.5. The maximum absolute atomic E-state index is 11.0. The average molecular weight is 241 g/mol. The van der Waals surface area contributed by atoms with Gasteiger partial charge in [0, 0.05) is 36.6 Å². The van der Waals surface area contributed by atoms with Gasteiger partial charge in [-0.3, -0.25) is 9.48 Å². The van der Waals surface area contributed by atoms with Crippen molar-refractivity contribution in [2.45, 2.75) is 6.54 Å². The van der Waals surface area contributed by atoms with Crippen LogP contribution in [0.3, 0.4) is 0 Å². The average Bonchev–Trinajstić information content (AvgIpc) is 2.95. The van der Waals surface area contributed by atoms with Crippen molar-refractivity contribution in [2.75, 3.05) is 0 Å². The lowest BCUT2D eigenvalue weighted by Crippen LogP contribution is -1.99. The van der Waals surface area contributed by atoms with Gasteiger partial charge in [0.1, 0.15) is 11.3 Å². The molecule has 6 heteroatoms. The molecule has 3 aromatic heterocycles. The molecule has 0 aliphatic heterocycles. The predicted octanol–water partition coefficient (Wildman–Crippen LogP) is 1.03. The molecule has 0 bridgehead atoms. The van der Waals surface area contributed by atoms with Crippen LogP contribution in [-0.2, 0) is 13.6 Å². The summed E-state index contributed by atoms with van der Waals surface area (Å²) in [6, 6.07) is 3.71. The maximum Gasteiger partial charge on any atom is 0.152 e. The van der Waals surface area contributed by atoms with Crippen LogP contribution < -0.4 is 0 Å². The second kappa shape index (κ2) is 4.06. The minimum absolute atomic E-state index is 0.551. The molecule has 90 valence electrons. The number of nitrogens with zero attached hydrogens (tertiary/aromatic N) is 5. The number of hydrogen-bond donors (Lipinski definition) is 0. The van der Waals surface area contributed by atoms with Crippen molar-refractivity contribution < 1.29 is 4.79 Å². The van der Waals surface area contributed by atoms with Crippen LogP contribution >= 0.6 is 0 Å². The van der Waals surface area contributed by atoms with Gasteiger partial charge in [0.15, 0.2) is 6.29 Å². The number of carbonyl (C=O) groups is 1. The lowest BCUT2D eigenvalue weighted by molar-refractivity contribution is 0.112. The number of rotatable bonds is 3. The summed E-state index contributed by atoms with van der Waals surface area (Å²) < 4.78 is 3.55. The van der Waals surface area contributed by atoms with Gasteiger partial charge in [-0.25, -0.2) is 4.98 Å². The number of pyridine rings is 1. The molecule has 0 aromatic carbocycles. The molecule has 18 heavy (non-hydrogen) atoms. The van der Waals surface area contributed by atoms with Crippen molar-refractivity contribution >= 4 is 17.3 Å². The van der Waals surface area contributed by atoms with E-state index in [1.807, 2.05) is 29.9 Å². The third-order valence-corrected chi connectivity index (χ3v) is 2.77. The van der Waals surface area contributed by atoms with E-state index in [0.29, 0.717) is 12.1 Å². The fourth-order valence-electron chi connectivity index (χ4n) is 2.01. The van der Waals surface area contributed by atoms with Crippen molar-refractivity contribution in [3.63, 3.8) is 0 Å². The lowest BCUT2D eigenvalue weighted by Gasteiger charge is -2.00. The first-order chi connectivity index (χ1) is 8.78. The summed E-state index contributed by atoms with van der Waals surface area (Å²) in [7, 11) is 1.82. The van der Waals surface area contributed by atoms with Crippen LogP contribution in [0.4, 0.5) is 0 Å². The largest absolute Gasteiger partial charge is 0.326 e. The molecule has 0 radical (unpaired) electrons. The number of aromatic nitrogens is 5. The molecule has 0 atom stereocenters. The number of carbonyl (C=O) groups excluding carboxylic acids is 1. The third-order valence-electron chi connectivity index (χ3n) is 2.77. The second-order valence-electron chi connectivity index (χ2n) is 4.09. The van der Waals surface area contributed by atoms with E-state index >= 15 is 0 Å². The Morgan fingerprint density at radius 2 is 2.28 bits per heavy atom. The van der Waals surface area contributed by atoms with Gasteiger partial charge < -0.3 is 4.57 Å². The first kappa shape index (κ1) is 10.6. The lowest BCUT2D eigenvalue weighted by atomic mass is 10.2. The van der Waals surface area contributed by atoms with E-state index in [0.717, 1.165) is 23.0 Å². The van der Waals surface area contributed by atoms with Crippen LogP contribution in [0.2, 0.25) is 0 Å². The molecule has 3 heterocycles. The van der Waals surface area contributed by atoms with Crippen LogP contribution in [0, 0.1) is 0 Å². The number of aryl methyl sites for hydroxylation is 1. The van der Waals surface area contributed by atoms with E-state index in [-0.39, 0.29) is 0 Å². The van der Waals surface area contributed by atoms with Crippen LogP contribution in [0.1, 0.15) is 16.1 Å². The third kappa shape index (κ3) is 1.67. The summed E-state index contributed by atoms with van der Waals surface area (Å²) >= 11 is 0. The Morgan fingerprint density at radius 1 is 1.39 bits per heavy atom. The van der Waals surface area contributed by atoms with E-state index in [1.165, 1.54) is 0 Å². The minimum atomic E-state index is 0.551. The maximum atomic E-state index is 11.0. The summed E-state index contributed by atoms with van der Waals surface area (Å²) in [6.07, 6.45) is 6.19. The highest BCUT2D eigenvalue weighted by atomic mass is 16.1. The van der Waals surface area contributed by atoms with Gasteiger partial charge in [-0.05, 0) is 12.1 Å². The molecular weight excluding hydrogens is 230 g/mol. The standard InChI is InChI=1S/C12H11N5O/c1-16-6-10(14-15-16)7-17-5-9(8-18)11-3-2-4-13-12(11)17/h2-6,8H,7H2,1H3. The molecule has 0 spiro atoms. The zero-order valence-corrected chi connectivity index (χ0v) is 9.82. The minimum Gasteiger partial charge on any atom is -0.326 e. The Hall–Kier alpha value is -2.50. The Balaban J connectivity index is 2.09. The monoisotopic (exact) mass is 241 g/mol. The Labute approximate surface area is 103 Å². The highest BCUT2D eigenvalue weighted by Gasteiger charge is 2.09. The molecule has 0 aliphatic rings. The fraction of sp³-hybridized carbons (Fsp3) is 0.167. The Morgan fingerprint density at radius 3 is 3.00 bits per heavy atom. The SMILES string of the molecule is Cn1cc(Cn2cc(C=O)c3cccnc32)nn1. The number of aldehydes is 1. The van der Waals surface area contributed by atoms with Crippen molar-refractivity contribution in [2.24, 2.45) is 7.05 Å². The molecular formula is C12H11N5O. The highest BCUT2D eigenvalue weighted by Crippen LogP contribution is 2.18. The smallest absolute Gasteiger partial charge is 0.152 e. The normalized spacial score (nSPS) is 10.9. The van der Waals surface area contributed by atoms with Gasteiger partial charge in [-0.1, -0.05) is 5.21 Å². The Kier molecular flexibility index (Phi) is 2.40. The van der Waals surface area contributed by atoms with Crippen LogP contribution in [0.25, 0.3) is 11.0 Å². The van der Waals surface area contributed by atoms with Crippen LogP contribution in [-0.4, -0.2) is 30.8 Å². The summed E-state index contributed by atoms with van der Waals surface area (Å²) in [5, 5.41) is 8.77. The van der Waals surface area contributed by atoms with Crippen molar-refractivity contribution in [3.8, 4) is 0 Å². The molecule has 0 amide bonds. The predicted molar refractivity (Wildman–Crippen MR) is 65.2 cm³/mol. The summed E-state index contributed by atoms with van der Waals surface area (Å²) in [6.45, 7) is 0.551. The fourth-order valence-corrected chi connectivity index (χ4v) is 2.01. The van der Waals surface area contributed by atoms with Crippen molar-refractivity contribution in [1.29, 1.82) is 0 Å². The topological polar surface area (TPSA) is 65.6 Å². The van der Waals surface area contributed by atoms with Gasteiger partial charge in [0.2, 0.25) is 0 Å². The van der Waals surface area contributed by atoms with E-state index in [2.05, 4.69) is 15.3 Å². The number of fused-ring (bicyclic) bond motifs is 1. The van der Waals surface area contributed by atoms with Crippen molar-refractivity contribution in [1.82, 2.24) is 24.5 Å². The molecule has 0 unspecified atom stereocenters. The Bertz CT molecular complexity index is 712. The molecule has 3 rings (SSSR count).